The number of ether oxygens (including phenoxy) is 1. The van der Waals surface area contributed by atoms with Crippen LogP contribution < -0.4 is 5.43 Å². The Morgan fingerprint density at radius 2 is 2.10 bits per heavy atom. The maximum Gasteiger partial charge on any atom is 0.308 e. The van der Waals surface area contributed by atoms with Crippen LogP contribution in [0.15, 0.2) is 35.3 Å². The van der Waals surface area contributed by atoms with E-state index in [1.54, 1.807) is 25.1 Å². The molecule has 0 saturated heterocycles. The minimum Gasteiger partial charge on any atom is -0.466 e. The molecule has 0 aliphatic rings. The quantitative estimate of drug-likeness (QED) is 0.710. The number of pyridine rings is 1. The molecular weight excluding hydrogens is 274 g/mol. The standard InChI is InChI=1S/C15H17NO5/c1-2-21-13(19)8-12(18)15(20)10-5-3-4-9-11(17)6-7-16-14(9)10/h3-7,12,15,18,20H,2,8H2,1H3,(H,16,17). The monoisotopic (exact) mass is 291 g/mol. The summed E-state index contributed by atoms with van der Waals surface area (Å²) in [6, 6.07) is 6.22. The molecule has 2 atom stereocenters. The zero-order valence-electron chi connectivity index (χ0n) is 11.6. The van der Waals surface area contributed by atoms with Crippen LogP contribution in [0.25, 0.3) is 10.9 Å². The largest absolute Gasteiger partial charge is 0.466 e. The minimum absolute atomic E-state index is 0.183. The normalized spacial score (nSPS) is 13.9. The highest BCUT2D eigenvalue weighted by atomic mass is 16.5. The summed E-state index contributed by atoms with van der Waals surface area (Å²) in [5.74, 6) is -0.585. The highest BCUT2D eigenvalue weighted by Crippen LogP contribution is 2.24. The lowest BCUT2D eigenvalue weighted by atomic mass is 9.99. The number of aromatic nitrogens is 1. The number of rotatable bonds is 5. The number of aliphatic hydroxyl groups is 2. The maximum absolute atomic E-state index is 11.7. The summed E-state index contributed by atoms with van der Waals surface area (Å²) in [5.41, 5.74) is 0.625. The molecule has 0 saturated carbocycles. The van der Waals surface area contributed by atoms with Gasteiger partial charge >= 0.3 is 5.97 Å². The number of carbonyl (C=O) groups excluding carboxylic acids is 1. The van der Waals surface area contributed by atoms with E-state index in [-0.39, 0.29) is 18.5 Å². The molecule has 1 heterocycles. The number of aliphatic hydroxyl groups excluding tert-OH is 2. The first-order valence-electron chi connectivity index (χ1n) is 6.66. The molecular formula is C15H17NO5. The van der Waals surface area contributed by atoms with E-state index in [1.165, 1.54) is 12.3 Å². The molecule has 0 spiro atoms. The SMILES string of the molecule is CCOC(=O)CC(O)C(O)c1cccc2c(=O)cc[nH]c12. The first kappa shape index (κ1) is 15.2. The van der Waals surface area contributed by atoms with E-state index >= 15 is 0 Å². The zero-order valence-corrected chi connectivity index (χ0v) is 11.6. The summed E-state index contributed by atoms with van der Waals surface area (Å²) in [7, 11) is 0. The number of H-pyrrole nitrogens is 1. The molecule has 6 nitrogen and oxygen atoms in total. The highest BCUT2D eigenvalue weighted by Gasteiger charge is 2.24. The van der Waals surface area contributed by atoms with Gasteiger partial charge in [-0.1, -0.05) is 12.1 Å². The van der Waals surface area contributed by atoms with E-state index in [4.69, 9.17) is 4.74 Å². The summed E-state index contributed by atoms with van der Waals surface area (Å²) in [6.07, 6.45) is -1.45. The van der Waals surface area contributed by atoms with Gasteiger partial charge in [0.1, 0.15) is 6.10 Å². The van der Waals surface area contributed by atoms with Gasteiger partial charge in [-0.05, 0) is 13.0 Å². The second-order valence-electron chi connectivity index (χ2n) is 4.63. The molecule has 0 fully saturated rings. The minimum atomic E-state index is -1.31. The van der Waals surface area contributed by atoms with Crippen LogP contribution >= 0.6 is 0 Å². The smallest absolute Gasteiger partial charge is 0.308 e. The molecule has 2 unspecified atom stereocenters. The first-order chi connectivity index (χ1) is 10.0. The Morgan fingerprint density at radius 3 is 2.81 bits per heavy atom. The van der Waals surface area contributed by atoms with Crippen LogP contribution in [0.1, 0.15) is 25.0 Å². The molecule has 1 aromatic carbocycles. The van der Waals surface area contributed by atoms with Gasteiger partial charge in [0.2, 0.25) is 0 Å². The molecule has 1 aromatic heterocycles. The van der Waals surface area contributed by atoms with Crippen LogP contribution in [0.3, 0.4) is 0 Å². The van der Waals surface area contributed by atoms with Crippen LogP contribution in [0, 0.1) is 0 Å². The predicted octanol–water partition coefficient (Wildman–Crippen LogP) is 0.876. The second kappa shape index (κ2) is 6.51. The summed E-state index contributed by atoms with van der Waals surface area (Å²) in [4.78, 5) is 26.0. The van der Waals surface area contributed by atoms with Crippen molar-refractivity contribution in [1.82, 2.24) is 4.98 Å². The fourth-order valence-electron chi connectivity index (χ4n) is 2.18. The summed E-state index contributed by atoms with van der Waals surface area (Å²) in [5, 5.41) is 20.6. The first-order valence-corrected chi connectivity index (χ1v) is 6.66. The predicted molar refractivity (Wildman–Crippen MR) is 76.8 cm³/mol. The van der Waals surface area contributed by atoms with Crippen LogP contribution in [0.2, 0.25) is 0 Å². The number of aromatic amines is 1. The van der Waals surface area contributed by atoms with Crippen molar-refractivity contribution in [3.8, 4) is 0 Å². The fraction of sp³-hybridized carbons (Fsp3) is 0.333. The van der Waals surface area contributed by atoms with Gasteiger partial charge in [0.05, 0.1) is 24.6 Å². The Hall–Kier alpha value is -2.18. The molecule has 0 aliphatic heterocycles. The molecule has 112 valence electrons. The van der Waals surface area contributed by atoms with E-state index in [0.29, 0.717) is 16.5 Å². The van der Waals surface area contributed by atoms with Crippen LogP contribution in [-0.2, 0) is 9.53 Å². The van der Waals surface area contributed by atoms with Crippen molar-refractivity contribution in [3.63, 3.8) is 0 Å². The summed E-state index contributed by atoms with van der Waals surface area (Å²) < 4.78 is 4.74. The second-order valence-corrected chi connectivity index (χ2v) is 4.63. The highest BCUT2D eigenvalue weighted by molar-refractivity contribution is 5.82. The van der Waals surface area contributed by atoms with Crippen molar-refractivity contribution in [2.24, 2.45) is 0 Å². The average Bonchev–Trinajstić information content (AvgIpc) is 2.46. The van der Waals surface area contributed by atoms with Crippen molar-refractivity contribution < 1.29 is 19.7 Å². The fourth-order valence-corrected chi connectivity index (χ4v) is 2.18. The Bertz CT molecular complexity index is 694. The molecule has 21 heavy (non-hydrogen) atoms. The Balaban J connectivity index is 2.31. The lowest BCUT2D eigenvalue weighted by Gasteiger charge is -2.18. The van der Waals surface area contributed by atoms with E-state index in [9.17, 15) is 19.8 Å². The van der Waals surface area contributed by atoms with Gasteiger partial charge in [-0.15, -0.1) is 0 Å². The average molecular weight is 291 g/mol. The number of hydrogen-bond acceptors (Lipinski definition) is 5. The molecule has 0 amide bonds. The molecule has 0 radical (unpaired) electrons. The number of fused-ring (bicyclic) bond motifs is 1. The Labute approximate surface area is 121 Å². The van der Waals surface area contributed by atoms with Crippen molar-refractivity contribution in [3.05, 3.63) is 46.2 Å². The number of carbonyl (C=O) groups is 1. The van der Waals surface area contributed by atoms with Crippen molar-refractivity contribution in [2.45, 2.75) is 25.6 Å². The third-order valence-corrected chi connectivity index (χ3v) is 3.19. The van der Waals surface area contributed by atoms with Gasteiger partial charge in [-0.3, -0.25) is 9.59 Å². The molecule has 0 bridgehead atoms. The van der Waals surface area contributed by atoms with Gasteiger partial charge in [-0.2, -0.15) is 0 Å². The summed E-state index contributed by atoms with van der Waals surface area (Å²) >= 11 is 0. The molecule has 6 heteroatoms. The zero-order chi connectivity index (χ0) is 15.4. The van der Waals surface area contributed by atoms with Crippen LogP contribution in [0.5, 0.6) is 0 Å². The van der Waals surface area contributed by atoms with E-state index < -0.39 is 18.2 Å². The number of benzene rings is 1. The Morgan fingerprint density at radius 1 is 1.33 bits per heavy atom. The van der Waals surface area contributed by atoms with E-state index in [1.807, 2.05) is 0 Å². The third-order valence-electron chi connectivity index (χ3n) is 3.19. The lowest BCUT2D eigenvalue weighted by Crippen LogP contribution is -2.23. The van der Waals surface area contributed by atoms with Crippen molar-refractivity contribution in [2.75, 3.05) is 6.61 Å². The van der Waals surface area contributed by atoms with Crippen molar-refractivity contribution >= 4 is 16.9 Å². The van der Waals surface area contributed by atoms with Crippen LogP contribution in [0.4, 0.5) is 0 Å². The van der Waals surface area contributed by atoms with Gasteiger partial charge in [0.15, 0.2) is 5.43 Å². The van der Waals surface area contributed by atoms with E-state index in [0.717, 1.165) is 0 Å². The number of esters is 1. The topological polar surface area (TPSA) is 99.6 Å². The van der Waals surface area contributed by atoms with Gasteiger partial charge in [0, 0.05) is 23.2 Å². The third kappa shape index (κ3) is 3.29. The molecule has 2 aromatic rings. The molecule has 3 N–H and O–H groups in total. The van der Waals surface area contributed by atoms with Crippen molar-refractivity contribution in [1.29, 1.82) is 0 Å². The Kier molecular flexibility index (Phi) is 4.72. The molecule has 2 rings (SSSR count). The number of nitrogens with one attached hydrogen (secondary N) is 1. The number of hydrogen-bond donors (Lipinski definition) is 3. The van der Waals surface area contributed by atoms with E-state index in [2.05, 4.69) is 4.98 Å². The lowest BCUT2D eigenvalue weighted by molar-refractivity contribution is -0.147. The van der Waals surface area contributed by atoms with Gasteiger partial charge < -0.3 is 19.9 Å². The van der Waals surface area contributed by atoms with Gasteiger partial charge in [-0.25, -0.2) is 0 Å². The van der Waals surface area contributed by atoms with Crippen LogP contribution in [-0.4, -0.2) is 33.9 Å². The number of para-hydroxylation sites is 1. The van der Waals surface area contributed by atoms with Gasteiger partial charge in [0.25, 0.3) is 0 Å². The molecule has 0 aliphatic carbocycles. The summed E-state index contributed by atoms with van der Waals surface area (Å²) in [6.45, 7) is 1.87. The maximum atomic E-state index is 11.7.